The van der Waals surface area contributed by atoms with Gasteiger partial charge in [0.2, 0.25) is 0 Å². The predicted octanol–water partition coefficient (Wildman–Crippen LogP) is 3.57. The molecular weight excluding hydrogens is 262 g/mol. The van der Waals surface area contributed by atoms with Gasteiger partial charge in [-0.25, -0.2) is 4.98 Å². The molecular formula is C14H11NO3S. The van der Waals surface area contributed by atoms with Crippen LogP contribution in [0.25, 0.3) is 21.0 Å². The lowest BCUT2D eigenvalue weighted by molar-refractivity contribution is -0.136. The molecule has 3 rings (SSSR count). The lowest BCUT2D eigenvalue weighted by atomic mass is 10.1. The van der Waals surface area contributed by atoms with Crippen LogP contribution in [0.1, 0.15) is 12.0 Å². The van der Waals surface area contributed by atoms with Crippen molar-refractivity contribution in [1.82, 2.24) is 4.98 Å². The summed E-state index contributed by atoms with van der Waals surface area (Å²) in [6.45, 7) is 0. The van der Waals surface area contributed by atoms with Crippen molar-refractivity contribution in [1.29, 1.82) is 0 Å². The van der Waals surface area contributed by atoms with E-state index in [1.54, 1.807) is 17.6 Å². The third-order valence-electron chi connectivity index (χ3n) is 2.81. The zero-order valence-electron chi connectivity index (χ0n) is 10.00. The molecule has 2 heterocycles. The highest BCUT2D eigenvalue weighted by Gasteiger charge is 2.09. The second kappa shape index (κ2) is 4.85. The molecule has 96 valence electrons. The minimum atomic E-state index is -0.783. The molecule has 2 aromatic heterocycles. The summed E-state index contributed by atoms with van der Waals surface area (Å²) in [5, 5.41) is 9.53. The van der Waals surface area contributed by atoms with Gasteiger partial charge in [-0.3, -0.25) is 4.79 Å². The summed E-state index contributed by atoms with van der Waals surface area (Å²) in [6, 6.07) is 9.59. The van der Waals surface area contributed by atoms with Crippen LogP contribution in [-0.4, -0.2) is 16.1 Å². The van der Waals surface area contributed by atoms with E-state index in [9.17, 15) is 4.79 Å². The van der Waals surface area contributed by atoms with Crippen LogP contribution < -0.4 is 0 Å². The summed E-state index contributed by atoms with van der Waals surface area (Å²) in [5.74, 6) is -0.0251. The van der Waals surface area contributed by atoms with Crippen LogP contribution in [-0.2, 0) is 11.2 Å². The molecule has 0 aliphatic heterocycles. The minimum absolute atomic E-state index is 0.140. The van der Waals surface area contributed by atoms with E-state index in [2.05, 4.69) is 4.98 Å². The molecule has 0 amide bonds. The highest BCUT2D eigenvalue weighted by Crippen LogP contribution is 2.30. The maximum atomic E-state index is 10.6. The average Bonchev–Trinajstić information content (AvgIpc) is 3.04. The fraction of sp³-hybridized carbons (Fsp3) is 0.143. The second-order valence-electron chi connectivity index (χ2n) is 4.19. The molecule has 1 N–H and O–H groups in total. The molecule has 19 heavy (non-hydrogen) atoms. The van der Waals surface area contributed by atoms with Crippen molar-refractivity contribution in [3.05, 3.63) is 42.2 Å². The summed E-state index contributed by atoms with van der Waals surface area (Å²) in [5.41, 5.74) is 1.88. The van der Waals surface area contributed by atoms with Gasteiger partial charge in [0, 0.05) is 6.42 Å². The van der Waals surface area contributed by atoms with Gasteiger partial charge in [-0.05, 0) is 36.2 Å². The number of carbonyl (C=O) groups is 1. The molecule has 0 aliphatic rings. The Kier molecular flexibility index (Phi) is 3.05. The number of thiazole rings is 1. The molecule has 0 aliphatic carbocycles. The number of fused-ring (bicyclic) bond motifs is 1. The molecule has 0 fully saturated rings. The Morgan fingerprint density at radius 2 is 2.26 bits per heavy atom. The summed E-state index contributed by atoms with van der Waals surface area (Å²) >= 11 is 1.57. The molecule has 0 spiro atoms. The van der Waals surface area contributed by atoms with Crippen molar-refractivity contribution in [2.75, 3.05) is 0 Å². The normalized spacial score (nSPS) is 10.9. The van der Waals surface area contributed by atoms with Gasteiger partial charge in [0.1, 0.15) is 0 Å². The maximum Gasteiger partial charge on any atom is 0.303 e. The lowest BCUT2D eigenvalue weighted by Crippen LogP contribution is -1.97. The number of nitrogens with zero attached hydrogens (tertiary/aromatic N) is 1. The van der Waals surface area contributed by atoms with Crippen molar-refractivity contribution in [3.8, 4) is 10.8 Å². The monoisotopic (exact) mass is 273 g/mol. The molecule has 5 heteroatoms. The number of furan rings is 1. The fourth-order valence-electron chi connectivity index (χ4n) is 1.89. The highest BCUT2D eigenvalue weighted by atomic mass is 32.1. The molecule has 1 aromatic carbocycles. The Balaban J connectivity index is 1.93. The van der Waals surface area contributed by atoms with Gasteiger partial charge in [0.25, 0.3) is 0 Å². The predicted molar refractivity (Wildman–Crippen MR) is 73.3 cm³/mol. The zero-order valence-corrected chi connectivity index (χ0v) is 10.8. The average molecular weight is 273 g/mol. The van der Waals surface area contributed by atoms with Gasteiger partial charge >= 0.3 is 5.97 Å². The Hall–Kier alpha value is -2.14. The van der Waals surface area contributed by atoms with Crippen LogP contribution in [0.15, 0.2) is 41.0 Å². The first-order chi connectivity index (χ1) is 9.22. The first-order valence-corrected chi connectivity index (χ1v) is 6.69. The molecule has 0 radical (unpaired) electrons. The molecule has 0 unspecified atom stereocenters. The lowest BCUT2D eigenvalue weighted by Gasteiger charge is -1.97. The summed E-state index contributed by atoms with van der Waals surface area (Å²) < 4.78 is 6.40. The molecule has 3 aromatic rings. The third-order valence-corrected chi connectivity index (χ3v) is 3.86. The number of aryl methyl sites for hydroxylation is 1. The van der Waals surface area contributed by atoms with Crippen LogP contribution in [0.2, 0.25) is 0 Å². The number of hydrogen-bond donors (Lipinski definition) is 1. The Labute approximate surface area is 113 Å². The number of aromatic nitrogens is 1. The van der Waals surface area contributed by atoms with E-state index >= 15 is 0 Å². The van der Waals surface area contributed by atoms with E-state index in [1.165, 1.54) is 0 Å². The number of hydrogen-bond acceptors (Lipinski definition) is 4. The fourth-order valence-corrected chi connectivity index (χ4v) is 2.80. The SMILES string of the molecule is O=C(O)CCc1ccc2sc(-c3ccco3)nc2c1. The maximum absolute atomic E-state index is 10.6. The zero-order chi connectivity index (χ0) is 13.2. The highest BCUT2D eigenvalue weighted by molar-refractivity contribution is 7.21. The van der Waals surface area contributed by atoms with E-state index in [4.69, 9.17) is 9.52 Å². The number of rotatable bonds is 4. The third kappa shape index (κ3) is 2.51. The molecule has 0 saturated heterocycles. The smallest absolute Gasteiger partial charge is 0.303 e. The Morgan fingerprint density at radius 1 is 1.37 bits per heavy atom. The van der Waals surface area contributed by atoms with Crippen molar-refractivity contribution < 1.29 is 14.3 Å². The number of benzene rings is 1. The summed E-state index contributed by atoms with van der Waals surface area (Å²) in [7, 11) is 0. The van der Waals surface area contributed by atoms with Gasteiger partial charge in [0.05, 0.1) is 16.5 Å². The quantitative estimate of drug-likeness (QED) is 0.789. The van der Waals surface area contributed by atoms with E-state index in [-0.39, 0.29) is 6.42 Å². The Morgan fingerprint density at radius 3 is 3.00 bits per heavy atom. The first kappa shape index (κ1) is 11.9. The Bertz CT molecular complexity index is 715. The van der Waals surface area contributed by atoms with Gasteiger partial charge in [-0.15, -0.1) is 11.3 Å². The van der Waals surface area contributed by atoms with E-state index in [0.717, 1.165) is 26.5 Å². The van der Waals surface area contributed by atoms with Gasteiger partial charge in [-0.1, -0.05) is 6.07 Å². The topological polar surface area (TPSA) is 63.3 Å². The summed E-state index contributed by atoms with van der Waals surface area (Å²) in [6.07, 6.45) is 2.29. The molecule has 0 atom stereocenters. The van der Waals surface area contributed by atoms with E-state index in [1.807, 2.05) is 30.3 Å². The van der Waals surface area contributed by atoms with Crippen LogP contribution in [0.5, 0.6) is 0 Å². The standard InChI is InChI=1S/C14H11NO3S/c16-13(17)6-4-9-3-5-12-10(8-9)15-14(19-12)11-2-1-7-18-11/h1-3,5,7-8H,4,6H2,(H,16,17). The van der Waals surface area contributed by atoms with Crippen molar-refractivity contribution in [3.63, 3.8) is 0 Å². The van der Waals surface area contributed by atoms with Crippen molar-refractivity contribution in [2.45, 2.75) is 12.8 Å². The van der Waals surface area contributed by atoms with Gasteiger partial charge < -0.3 is 9.52 Å². The molecule has 0 bridgehead atoms. The minimum Gasteiger partial charge on any atom is -0.481 e. The van der Waals surface area contributed by atoms with Gasteiger partial charge in [0.15, 0.2) is 10.8 Å². The van der Waals surface area contributed by atoms with Gasteiger partial charge in [-0.2, -0.15) is 0 Å². The largest absolute Gasteiger partial charge is 0.481 e. The second-order valence-corrected chi connectivity index (χ2v) is 5.22. The van der Waals surface area contributed by atoms with Crippen LogP contribution >= 0.6 is 11.3 Å². The summed E-state index contributed by atoms with van der Waals surface area (Å²) in [4.78, 5) is 15.1. The first-order valence-electron chi connectivity index (χ1n) is 5.87. The number of carboxylic acids is 1. The molecule has 0 saturated carbocycles. The number of aliphatic carboxylic acids is 1. The van der Waals surface area contributed by atoms with E-state index in [0.29, 0.717) is 6.42 Å². The molecule has 4 nitrogen and oxygen atoms in total. The van der Waals surface area contributed by atoms with Crippen LogP contribution in [0.4, 0.5) is 0 Å². The van der Waals surface area contributed by atoms with Crippen LogP contribution in [0.3, 0.4) is 0 Å². The van der Waals surface area contributed by atoms with Crippen molar-refractivity contribution in [2.24, 2.45) is 0 Å². The van der Waals surface area contributed by atoms with Crippen molar-refractivity contribution >= 4 is 27.5 Å². The van der Waals surface area contributed by atoms with Crippen LogP contribution in [0, 0.1) is 0 Å². The van der Waals surface area contributed by atoms with E-state index < -0.39 is 5.97 Å². The number of carboxylic acid groups (broad SMARTS) is 1.